The van der Waals surface area contributed by atoms with Crippen LogP contribution in [0.25, 0.3) is 10.9 Å². The first-order chi connectivity index (χ1) is 8.88. The van der Waals surface area contributed by atoms with Crippen LogP contribution in [0.3, 0.4) is 0 Å². The molecule has 1 heterocycles. The van der Waals surface area contributed by atoms with E-state index in [1.54, 1.807) is 12.1 Å². The van der Waals surface area contributed by atoms with Gasteiger partial charge in [0.25, 0.3) is 0 Å². The van der Waals surface area contributed by atoms with Crippen LogP contribution in [0.5, 0.6) is 0 Å². The molecule has 2 rings (SSSR count). The Hall–Kier alpha value is -1.68. The first-order valence-corrected chi connectivity index (χ1v) is 6.46. The zero-order valence-corrected chi connectivity index (χ0v) is 11.8. The lowest BCUT2D eigenvalue weighted by Gasteiger charge is -2.09. The van der Waals surface area contributed by atoms with Gasteiger partial charge >= 0.3 is 5.97 Å². The second-order valence-electron chi connectivity index (χ2n) is 5.01. The van der Waals surface area contributed by atoms with Crippen LogP contribution in [0.15, 0.2) is 12.1 Å². The van der Waals surface area contributed by atoms with Crippen molar-refractivity contribution in [2.75, 3.05) is 0 Å². The van der Waals surface area contributed by atoms with E-state index in [0.717, 1.165) is 5.56 Å². The van der Waals surface area contributed by atoms with Gasteiger partial charge in [0.05, 0.1) is 5.52 Å². The highest BCUT2D eigenvalue weighted by molar-refractivity contribution is 6.31. The summed E-state index contributed by atoms with van der Waals surface area (Å²) < 4.78 is 0. The number of carbonyl (C=O) groups is 1. The number of carboxylic acid groups (broad SMARTS) is 1. The first-order valence-electron chi connectivity index (χ1n) is 6.08. The number of fused-ring (bicyclic) bond motifs is 1. The van der Waals surface area contributed by atoms with Crippen molar-refractivity contribution in [2.24, 2.45) is 5.92 Å². The van der Waals surface area contributed by atoms with Gasteiger partial charge in [-0.2, -0.15) is 0 Å². The smallest absolute Gasteiger partial charge is 0.355 e. The highest BCUT2D eigenvalue weighted by Crippen LogP contribution is 2.25. The Morgan fingerprint density at radius 1 is 1.37 bits per heavy atom. The summed E-state index contributed by atoms with van der Waals surface area (Å²) in [5.74, 6) is -0.129. The molecule has 1 aromatic heterocycles. The molecular formula is C14H15ClN2O2. The molecule has 5 heteroatoms. The van der Waals surface area contributed by atoms with Gasteiger partial charge in [0.2, 0.25) is 0 Å². The average molecular weight is 279 g/mol. The number of aromatic carboxylic acids is 1. The van der Waals surface area contributed by atoms with E-state index in [4.69, 9.17) is 11.6 Å². The number of hydrogen-bond acceptors (Lipinski definition) is 3. The fourth-order valence-corrected chi connectivity index (χ4v) is 2.30. The molecule has 0 unspecified atom stereocenters. The monoisotopic (exact) mass is 278 g/mol. The van der Waals surface area contributed by atoms with Crippen molar-refractivity contribution in [3.05, 3.63) is 34.2 Å². The Labute approximate surface area is 116 Å². The second kappa shape index (κ2) is 5.13. The van der Waals surface area contributed by atoms with Gasteiger partial charge in [-0.3, -0.25) is 0 Å². The van der Waals surface area contributed by atoms with Crippen LogP contribution < -0.4 is 0 Å². The van der Waals surface area contributed by atoms with E-state index in [1.165, 1.54) is 0 Å². The topological polar surface area (TPSA) is 63.1 Å². The van der Waals surface area contributed by atoms with E-state index in [9.17, 15) is 9.90 Å². The summed E-state index contributed by atoms with van der Waals surface area (Å²) in [5, 5.41) is 10.3. The molecular weight excluding hydrogens is 264 g/mol. The van der Waals surface area contributed by atoms with Crippen molar-refractivity contribution >= 4 is 28.5 Å². The lowest BCUT2D eigenvalue weighted by molar-refractivity contribution is 0.0692. The third-order valence-corrected chi connectivity index (χ3v) is 3.01. The summed E-state index contributed by atoms with van der Waals surface area (Å²) >= 11 is 5.98. The standard InChI is InChI=1S/C14H15ClN2O2/c1-7(2)4-11-16-12-8(3)5-9(15)6-10(12)13(17-11)14(18)19/h5-7H,4H2,1-3H3,(H,18,19). The maximum Gasteiger partial charge on any atom is 0.355 e. The van der Waals surface area contributed by atoms with Crippen molar-refractivity contribution in [1.29, 1.82) is 0 Å². The number of benzene rings is 1. The van der Waals surface area contributed by atoms with Crippen LogP contribution in [0.1, 0.15) is 35.7 Å². The number of nitrogens with zero attached hydrogens (tertiary/aromatic N) is 2. The molecule has 0 aliphatic rings. The summed E-state index contributed by atoms with van der Waals surface area (Å²) in [6, 6.07) is 3.38. The van der Waals surface area contributed by atoms with Crippen molar-refractivity contribution in [1.82, 2.24) is 9.97 Å². The number of rotatable bonds is 3. The third kappa shape index (κ3) is 2.84. The highest BCUT2D eigenvalue weighted by atomic mass is 35.5. The molecule has 0 atom stereocenters. The van der Waals surface area contributed by atoms with Gasteiger partial charge in [0.15, 0.2) is 5.69 Å². The van der Waals surface area contributed by atoms with Crippen LogP contribution >= 0.6 is 11.6 Å². The minimum absolute atomic E-state index is 0.0197. The molecule has 0 bridgehead atoms. The Balaban J connectivity index is 2.76. The third-order valence-electron chi connectivity index (χ3n) is 2.80. The van der Waals surface area contributed by atoms with Gasteiger partial charge in [0.1, 0.15) is 5.82 Å². The van der Waals surface area contributed by atoms with Crippen LogP contribution in [0, 0.1) is 12.8 Å². The molecule has 2 aromatic rings. The lowest BCUT2D eigenvalue weighted by Crippen LogP contribution is -2.09. The maximum absolute atomic E-state index is 11.3. The molecule has 100 valence electrons. The molecule has 0 aliphatic heterocycles. The molecule has 0 aliphatic carbocycles. The second-order valence-corrected chi connectivity index (χ2v) is 5.45. The fraction of sp³-hybridized carbons (Fsp3) is 0.357. The van der Waals surface area contributed by atoms with E-state index in [0.29, 0.717) is 34.1 Å². The minimum Gasteiger partial charge on any atom is -0.476 e. The summed E-state index contributed by atoms with van der Waals surface area (Å²) in [5.41, 5.74) is 1.54. The number of aromatic nitrogens is 2. The van der Waals surface area contributed by atoms with E-state index < -0.39 is 5.97 Å². The largest absolute Gasteiger partial charge is 0.476 e. The predicted octanol–water partition coefficient (Wildman–Crippen LogP) is 3.49. The molecule has 0 saturated carbocycles. The zero-order valence-electron chi connectivity index (χ0n) is 11.1. The van der Waals surface area contributed by atoms with E-state index in [-0.39, 0.29) is 5.69 Å². The van der Waals surface area contributed by atoms with E-state index in [1.807, 2.05) is 20.8 Å². The molecule has 0 radical (unpaired) electrons. The number of hydrogen-bond donors (Lipinski definition) is 1. The summed E-state index contributed by atoms with van der Waals surface area (Å²) in [4.78, 5) is 20.0. The average Bonchev–Trinajstić information content (AvgIpc) is 2.28. The van der Waals surface area contributed by atoms with Crippen LogP contribution in [-0.2, 0) is 6.42 Å². The lowest BCUT2D eigenvalue weighted by atomic mass is 10.1. The molecule has 19 heavy (non-hydrogen) atoms. The van der Waals surface area contributed by atoms with Gasteiger partial charge in [0, 0.05) is 16.8 Å². The quantitative estimate of drug-likeness (QED) is 0.933. The molecule has 0 amide bonds. The fourth-order valence-electron chi connectivity index (χ4n) is 2.03. The molecule has 0 spiro atoms. The molecule has 1 aromatic carbocycles. The predicted molar refractivity (Wildman–Crippen MR) is 74.8 cm³/mol. The van der Waals surface area contributed by atoms with Crippen LogP contribution in [-0.4, -0.2) is 21.0 Å². The van der Waals surface area contributed by atoms with Gasteiger partial charge in [-0.1, -0.05) is 25.4 Å². The van der Waals surface area contributed by atoms with Crippen molar-refractivity contribution in [2.45, 2.75) is 27.2 Å². The molecule has 0 fully saturated rings. The van der Waals surface area contributed by atoms with Crippen LogP contribution in [0.2, 0.25) is 5.02 Å². The highest BCUT2D eigenvalue weighted by Gasteiger charge is 2.16. The van der Waals surface area contributed by atoms with Gasteiger partial charge < -0.3 is 5.11 Å². The summed E-state index contributed by atoms with van der Waals surface area (Å²) in [6.07, 6.45) is 0.651. The Bertz CT molecular complexity index is 653. The Morgan fingerprint density at radius 3 is 2.63 bits per heavy atom. The first kappa shape index (κ1) is 13.7. The van der Waals surface area contributed by atoms with Crippen molar-refractivity contribution < 1.29 is 9.90 Å². The SMILES string of the molecule is Cc1cc(Cl)cc2c(C(=O)O)nc(CC(C)C)nc12. The van der Waals surface area contributed by atoms with Crippen LogP contribution in [0.4, 0.5) is 0 Å². The molecule has 0 saturated heterocycles. The number of carboxylic acids is 1. The molecule has 1 N–H and O–H groups in total. The van der Waals surface area contributed by atoms with Crippen molar-refractivity contribution in [3.63, 3.8) is 0 Å². The van der Waals surface area contributed by atoms with Gasteiger partial charge in [-0.15, -0.1) is 0 Å². The molecule has 4 nitrogen and oxygen atoms in total. The number of aryl methyl sites for hydroxylation is 1. The normalized spacial score (nSPS) is 11.2. The Morgan fingerprint density at radius 2 is 2.05 bits per heavy atom. The van der Waals surface area contributed by atoms with E-state index >= 15 is 0 Å². The number of halogens is 1. The van der Waals surface area contributed by atoms with Crippen molar-refractivity contribution in [3.8, 4) is 0 Å². The summed E-state index contributed by atoms with van der Waals surface area (Å²) in [6.45, 7) is 5.96. The zero-order chi connectivity index (χ0) is 14.2. The summed E-state index contributed by atoms with van der Waals surface area (Å²) in [7, 11) is 0. The maximum atomic E-state index is 11.3. The minimum atomic E-state index is -1.06. The van der Waals surface area contributed by atoms with E-state index in [2.05, 4.69) is 9.97 Å². The van der Waals surface area contributed by atoms with Gasteiger partial charge in [-0.05, 0) is 30.5 Å². The van der Waals surface area contributed by atoms with Gasteiger partial charge in [-0.25, -0.2) is 14.8 Å². The Kier molecular flexibility index (Phi) is 3.71.